The van der Waals surface area contributed by atoms with Gasteiger partial charge in [-0.15, -0.1) is 0 Å². The first-order valence-corrected chi connectivity index (χ1v) is 9.95. The van der Waals surface area contributed by atoms with Crippen molar-refractivity contribution in [1.29, 1.82) is 0 Å². The summed E-state index contributed by atoms with van der Waals surface area (Å²) in [6.07, 6.45) is 2.44. The van der Waals surface area contributed by atoms with Gasteiger partial charge >= 0.3 is 0 Å². The normalized spacial score (nSPS) is 17.1. The predicted molar refractivity (Wildman–Crippen MR) is 107 cm³/mol. The van der Waals surface area contributed by atoms with Gasteiger partial charge in [0.1, 0.15) is 0 Å². The van der Waals surface area contributed by atoms with Gasteiger partial charge in [-0.2, -0.15) is 0 Å². The summed E-state index contributed by atoms with van der Waals surface area (Å²) >= 11 is 1.61. The van der Waals surface area contributed by atoms with E-state index >= 15 is 0 Å². The summed E-state index contributed by atoms with van der Waals surface area (Å²) in [5.41, 5.74) is 3.87. The Morgan fingerprint density at radius 1 is 1.19 bits per heavy atom. The number of nitrogens with zero attached hydrogens (tertiary/aromatic N) is 2. The van der Waals surface area contributed by atoms with Gasteiger partial charge in [0, 0.05) is 12.4 Å². The molecule has 2 heterocycles. The first kappa shape index (κ1) is 17.3. The van der Waals surface area contributed by atoms with Crippen LogP contribution >= 0.6 is 11.8 Å². The van der Waals surface area contributed by atoms with Gasteiger partial charge in [0.25, 0.3) is 5.56 Å². The largest absolute Gasteiger partial charge is 0.377 e. The molecule has 1 aliphatic heterocycles. The molecule has 0 unspecified atom stereocenters. The summed E-state index contributed by atoms with van der Waals surface area (Å²) in [4.78, 5) is 18.0. The van der Waals surface area contributed by atoms with E-state index in [9.17, 15) is 4.79 Å². The monoisotopic (exact) mass is 366 g/mol. The Morgan fingerprint density at radius 2 is 1.96 bits per heavy atom. The summed E-state index contributed by atoms with van der Waals surface area (Å²) in [6.45, 7) is 4.94. The molecule has 5 heteroatoms. The Morgan fingerprint density at radius 3 is 2.69 bits per heavy atom. The number of hydrogen-bond acceptors (Lipinski definition) is 4. The molecule has 4 nitrogen and oxygen atoms in total. The zero-order chi connectivity index (χ0) is 18.1. The molecular weight excluding hydrogens is 344 g/mol. The van der Waals surface area contributed by atoms with Crippen molar-refractivity contribution < 1.29 is 4.74 Å². The van der Waals surface area contributed by atoms with Crippen molar-refractivity contribution in [3.8, 4) is 5.69 Å². The lowest BCUT2D eigenvalue weighted by Crippen LogP contribution is -2.22. The molecule has 0 aliphatic carbocycles. The second-order valence-corrected chi connectivity index (χ2v) is 7.83. The fourth-order valence-electron chi connectivity index (χ4n) is 3.46. The molecule has 0 radical (unpaired) electrons. The minimum atomic E-state index is -0.0181. The van der Waals surface area contributed by atoms with Crippen LogP contribution in [0.15, 0.2) is 52.4 Å². The van der Waals surface area contributed by atoms with E-state index in [1.54, 1.807) is 16.3 Å². The molecule has 1 aliphatic rings. The highest BCUT2D eigenvalue weighted by atomic mass is 32.2. The molecule has 2 aromatic carbocycles. The molecule has 0 spiro atoms. The quantitative estimate of drug-likeness (QED) is 0.511. The van der Waals surface area contributed by atoms with Gasteiger partial charge in [-0.1, -0.05) is 30.0 Å². The number of rotatable bonds is 4. The van der Waals surface area contributed by atoms with Crippen LogP contribution in [0.5, 0.6) is 0 Å². The molecule has 1 fully saturated rings. The Labute approximate surface area is 157 Å². The highest BCUT2D eigenvalue weighted by Gasteiger charge is 2.19. The number of fused-ring (bicyclic) bond motifs is 1. The third kappa shape index (κ3) is 3.41. The molecule has 0 N–H and O–H groups in total. The minimum Gasteiger partial charge on any atom is -0.377 e. The van der Waals surface area contributed by atoms with E-state index in [0.29, 0.717) is 5.39 Å². The first-order valence-electron chi connectivity index (χ1n) is 8.97. The predicted octanol–water partition coefficient (Wildman–Crippen LogP) is 4.27. The average molecular weight is 366 g/mol. The molecular formula is C21H22N2O2S. The maximum atomic E-state index is 13.2. The van der Waals surface area contributed by atoms with Gasteiger partial charge in [0.2, 0.25) is 0 Å². The van der Waals surface area contributed by atoms with Crippen molar-refractivity contribution in [2.24, 2.45) is 0 Å². The van der Waals surface area contributed by atoms with Gasteiger partial charge in [0.15, 0.2) is 5.16 Å². The van der Waals surface area contributed by atoms with Crippen molar-refractivity contribution in [3.05, 3.63) is 63.9 Å². The van der Waals surface area contributed by atoms with E-state index in [-0.39, 0.29) is 11.7 Å². The van der Waals surface area contributed by atoms with Crippen LogP contribution < -0.4 is 5.56 Å². The van der Waals surface area contributed by atoms with Crippen LogP contribution in [0.4, 0.5) is 0 Å². The van der Waals surface area contributed by atoms with Crippen molar-refractivity contribution in [1.82, 2.24) is 9.55 Å². The summed E-state index contributed by atoms with van der Waals surface area (Å²) < 4.78 is 7.49. The zero-order valence-electron chi connectivity index (χ0n) is 15.1. The fraction of sp³-hybridized carbons (Fsp3) is 0.333. The van der Waals surface area contributed by atoms with Crippen LogP contribution in [0.3, 0.4) is 0 Å². The zero-order valence-corrected chi connectivity index (χ0v) is 15.9. The Bertz CT molecular complexity index is 986. The van der Waals surface area contributed by atoms with Crippen LogP contribution in [0.25, 0.3) is 16.6 Å². The van der Waals surface area contributed by atoms with Crippen molar-refractivity contribution in [3.63, 3.8) is 0 Å². The van der Waals surface area contributed by atoms with E-state index in [0.717, 1.165) is 52.7 Å². The van der Waals surface area contributed by atoms with E-state index in [1.165, 1.54) is 0 Å². The summed E-state index contributed by atoms with van der Waals surface area (Å²) in [7, 11) is 0. The van der Waals surface area contributed by atoms with Gasteiger partial charge in [-0.05, 0) is 62.1 Å². The van der Waals surface area contributed by atoms with Gasteiger partial charge in [-0.25, -0.2) is 4.98 Å². The number of ether oxygens (including phenoxy) is 1. The lowest BCUT2D eigenvalue weighted by Gasteiger charge is -2.16. The molecule has 4 rings (SSSR count). The average Bonchev–Trinajstić information content (AvgIpc) is 3.13. The Balaban J connectivity index is 1.85. The highest BCUT2D eigenvalue weighted by Crippen LogP contribution is 2.26. The molecule has 0 bridgehead atoms. The lowest BCUT2D eigenvalue weighted by atomic mass is 10.1. The van der Waals surface area contributed by atoms with Crippen molar-refractivity contribution >= 4 is 22.7 Å². The van der Waals surface area contributed by atoms with E-state index in [1.807, 2.05) is 36.4 Å². The molecule has 0 saturated carbocycles. The maximum Gasteiger partial charge on any atom is 0.266 e. The second-order valence-electron chi connectivity index (χ2n) is 6.84. The SMILES string of the molecule is Cc1cc(C)cc(-n2c(SC[C@H]3CCCO3)nc3ccccc3c2=O)c1. The molecule has 1 atom stereocenters. The number of aryl methyl sites for hydroxylation is 2. The van der Waals surface area contributed by atoms with E-state index < -0.39 is 0 Å². The smallest absolute Gasteiger partial charge is 0.266 e. The molecule has 3 aromatic rings. The topological polar surface area (TPSA) is 44.1 Å². The molecule has 1 aromatic heterocycles. The van der Waals surface area contributed by atoms with Crippen molar-refractivity contribution in [2.75, 3.05) is 12.4 Å². The Kier molecular flexibility index (Phi) is 4.83. The number of benzene rings is 2. The fourth-order valence-corrected chi connectivity index (χ4v) is 4.54. The molecule has 26 heavy (non-hydrogen) atoms. The van der Waals surface area contributed by atoms with Gasteiger partial charge < -0.3 is 4.74 Å². The molecule has 0 amide bonds. The van der Waals surface area contributed by atoms with Gasteiger partial charge in [0.05, 0.1) is 22.7 Å². The number of hydrogen-bond donors (Lipinski definition) is 0. The van der Waals surface area contributed by atoms with Crippen LogP contribution in [0.1, 0.15) is 24.0 Å². The van der Waals surface area contributed by atoms with Crippen LogP contribution in [0.2, 0.25) is 0 Å². The number of para-hydroxylation sites is 1. The van der Waals surface area contributed by atoms with E-state index in [4.69, 9.17) is 9.72 Å². The molecule has 1 saturated heterocycles. The van der Waals surface area contributed by atoms with Crippen LogP contribution in [0, 0.1) is 13.8 Å². The minimum absolute atomic E-state index is 0.0181. The standard InChI is InChI=1S/C21H22N2O2S/c1-14-10-15(2)12-16(11-14)23-20(24)18-7-3-4-8-19(18)22-21(23)26-13-17-6-5-9-25-17/h3-4,7-8,10-12,17H,5-6,9,13H2,1-2H3/t17-/m1/s1. The number of aromatic nitrogens is 2. The second kappa shape index (κ2) is 7.25. The summed E-state index contributed by atoms with van der Waals surface area (Å²) in [5.74, 6) is 0.815. The van der Waals surface area contributed by atoms with Crippen LogP contribution in [-0.4, -0.2) is 28.0 Å². The lowest BCUT2D eigenvalue weighted by molar-refractivity contribution is 0.129. The third-order valence-corrected chi connectivity index (χ3v) is 5.70. The van der Waals surface area contributed by atoms with Gasteiger partial charge in [-0.3, -0.25) is 9.36 Å². The summed E-state index contributed by atoms with van der Waals surface area (Å²) in [6, 6.07) is 13.8. The maximum absolute atomic E-state index is 13.2. The van der Waals surface area contributed by atoms with E-state index in [2.05, 4.69) is 19.9 Å². The highest BCUT2D eigenvalue weighted by molar-refractivity contribution is 7.99. The first-order chi connectivity index (χ1) is 12.6. The third-order valence-electron chi connectivity index (χ3n) is 4.63. The summed E-state index contributed by atoms with van der Waals surface area (Å²) in [5, 5.41) is 1.38. The Hall–Kier alpha value is -2.11. The van der Waals surface area contributed by atoms with Crippen LogP contribution in [-0.2, 0) is 4.74 Å². The number of thioether (sulfide) groups is 1. The molecule has 134 valence electrons. The van der Waals surface area contributed by atoms with Crippen molar-refractivity contribution in [2.45, 2.75) is 37.9 Å².